The summed E-state index contributed by atoms with van der Waals surface area (Å²) in [7, 11) is 2.72. The first-order valence-corrected chi connectivity index (χ1v) is 13.9. The second kappa shape index (κ2) is 11.5. The molecule has 2 aliphatic rings. The fourth-order valence-corrected chi connectivity index (χ4v) is 5.91. The van der Waals surface area contributed by atoms with Gasteiger partial charge in [0.15, 0.2) is 17.9 Å². The number of amides is 3. The highest BCUT2D eigenvalue weighted by molar-refractivity contribution is 6.06. The summed E-state index contributed by atoms with van der Waals surface area (Å²) in [5.74, 6) is -2.54. The Balaban J connectivity index is 1.36. The fraction of sp³-hybridized carbons (Fsp3) is 0.375. The predicted molar refractivity (Wildman–Crippen MR) is 155 cm³/mol. The smallest absolute Gasteiger partial charge is 0.244 e. The van der Waals surface area contributed by atoms with Crippen LogP contribution in [0.2, 0.25) is 0 Å². The van der Waals surface area contributed by atoms with Crippen molar-refractivity contribution in [3.63, 3.8) is 0 Å². The number of hydrogen-bond donors (Lipinski definition) is 2. The van der Waals surface area contributed by atoms with Gasteiger partial charge in [-0.05, 0) is 59.9 Å². The van der Waals surface area contributed by atoms with Crippen LogP contribution < -0.4 is 10.6 Å². The van der Waals surface area contributed by atoms with Crippen molar-refractivity contribution in [2.24, 2.45) is 5.41 Å². The van der Waals surface area contributed by atoms with Crippen LogP contribution >= 0.6 is 0 Å². The van der Waals surface area contributed by atoms with Gasteiger partial charge in [-0.15, -0.1) is 0 Å². The van der Waals surface area contributed by atoms with Crippen molar-refractivity contribution in [3.05, 3.63) is 88.1 Å². The number of benzene rings is 2. The van der Waals surface area contributed by atoms with Crippen LogP contribution in [0.3, 0.4) is 0 Å². The molecule has 1 aliphatic carbocycles. The van der Waals surface area contributed by atoms with Gasteiger partial charge < -0.3 is 25.0 Å². The first kappa shape index (κ1) is 30.2. The summed E-state index contributed by atoms with van der Waals surface area (Å²) in [6.07, 6.45) is 1.62. The molecule has 5 rings (SSSR count). The Labute approximate surface area is 248 Å². The molecule has 1 aromatic heterocycles. The topological polar surface area (TPSA) is 110 Å². The Morgan fingerprint density at radius 2 is 1.77 bits per heavy atom. The Kier molecular flexibility index (Phi) is 8.06. The number of anilines is 2. The number of methoxy groups -OCH3 is 2. The third kappa shape index (κ3) is 5.74. The molecule has 1 unspecified atom stereocenters. The molecule has 226 valence electrons. The molecule has 0 saturated carbocycles. The lowest BCUT2D eigenvalue weighted by Crippen LogP contribution is -2.43. The lowest BCUT2D eigenvalue weighted by Gasteiger charge is -2.30. The van der Waals surface area contributed by atoms with Crippen molar-refractivity contribution in [1.82, 2.24) is 9.88 Å². The van der Waals surface area contributed by atoms with Gasteiger partial charge in [0.2, 0.25) is 17.7 Å². The normalized spacial score (nSPS) is 17.2. The van der Waals surface area contributed by atoms with Crippen LogP contribution in [0.4, 0.5) is 20.3 Å². The van der Waals surface area contributed by atoms with E-state index in [1.807, 2.05) is 24.3 Å². The van der Waals surface area contributed by atoms with Gasteiger partial charge in [0.1, 0.15) is 12.4 Å². The number of pyridine rings is 1. The van der Waals surface area contributed by atoms with Gasteiger partial charge in [-0.25, -0.2) is 13.8 Å². The molecule has 2 heterocycles. The van der Waals surface area contributed by atoms with E-state index in [9.17, 15) is 23.2 Å². The van der Waals surface area contributed by atoms with E-state index in [1.54, 1.807) is 33.0 Å². The van der Waals surface area contributed by atoms with E-state index in [0.717, 1.165) is 28.8 Å². The van der Waals surface area contributed by atoms with Crippen molar-refractivity contribution in [2.75, 3.05) is 31.4 Å². The van der Waals surface area contributed by atoms with Gasteiger partial charge >= 0.3 is 0 Å². The molecular weight excluding hydrogens is 558 g/mol. The van der Waals surface area contributed by atoms with E-state index >= 15 is 0 Å². The summed E-state index contributed by atoms with van der Waals surface area (Å²) in [5, 5.41) is 5.74. The SMILES string of the molecule is COC(OC)c1cc(F)c(F)cc1CN(CC(=O)Nc1ccc2c(c1)CC1(C2)C(=O)Nc2ncccc21)C(=O)C(C)(C)C. The molecule has 3 aromatic rings. The lowest BCUT2D eigenvalue weighted by molar-refractivity contribution is -0.142. The molecular formula is C32H34F2N4O5. The van der Waals surface area contributed by atoms with Crippen LogP contribution in [0.25, 0.3) is 0 Å². The second-order valence-electron chi connectivity index (χ2n) is 12.0. The van der Waals surface area contributed by atoms with Crippen LogP contribution in [0.15, 0.2) is 48.7 Å². The monoisotopic (exact) mass is 592 g/mol. The van der Waals surface area contributed by atoms with Crippen molar-refractivity contribution in [3.8, 4) is 0 Å². The summed E-state index contributed by atoms with van der Waals surface area (Å²) in [6.45, 7) is 4.60. The zero-order chi connectivity index (χ0) is 31.1. The summed E-state index contributed by atoms with van der Waals surface area (Å²) >= 11 is 0. The Morgan fingerprint density at radius 1 is 1.07 bits per heavy atom. The maximum atomic E-state index is 14.3. The average molecular weight is 593 g/mol. The number of halogens is 2. The molecule has 0 radical (unpaired) electrons. The van der Waals surface area contributed by atoms with Crippen LogP contribution in [0.5, 0.6) is 0 Å². The average Bonchev–Trinajstić information content (AvgIpc) is 3.47. The van der Waals surface area contributed by atoms with E-state index in [0.29, 0.717) is 24.3 Å². The standard InChI is InChI=1S/C32H34F2N4O5/c1-31(2,3)30(41)38(16-20-12-24(33)25(34)13-22(20)28(42-4)43-5)17-26(39)36-21-9-8-18-14-32(15-19(18)11-21)23-7-6-10-35-27(23)37-29(32)40/h6-13,28H,14-17H2,1-5H3,(H,36,39)(H,35,37,40). The van der Waals surface area contributed by atoms with Gasteiger partial charge in [-0.1, -0.05) is 32.9 Å². The number of aromatic nitrogens is 1. The molecule has 1 spiro atoms. The fourth-order valence-electron chi connectivity index (χ4n) is 5.91. The number of ether oxygens (including phenoxy) is 2. The molecule has 0 bridgehead atoms. The minimum absolute atomic E-state index is 0.0971. The minimum atomic E-state index is -1.09. The number of rotatable bonds is 8. The quantitative estimate of drug-likeness (QED) is 0.369. The third-order valence-corrected chi connectivity index (χ3v) is 7.95. The maximum Gasteiger partial charge on any atom is 0.244 e. The molecule has 43 heavy (non-hydrogen) atoms. The molecule has 0 fully saturated rings. The summed E-state index contributed by atoms with van der Waals surface area (Å²) in [4.78, 5) is 45.4. The molecule has 1 atom stereocenters. The van der Waals surface area contributed by atoms with Gasteiger partial charge in [0, 0.05) is 49.2 Å². The van der Waals surface area contributed by atoms with E-state index in [4.69, 9.17) is 9.47 Å². The molecule has 11 heteroatoms. The summed E-state index contributed by atoms with van der Waals surface area (Å²) in [5.41, 5.74) is 2.15. The van der Waals surface area contributed by atoms with E-state index in [2.05, 4.69) is 15.6 Å². The highest BCUT2D eigenvalue weighted by Crippen LogP contribution is 2.47. The van der Waals surface area contributed by atoms with Crippen molar-refractivity contribution < 1.29 is 32.6 Å². The van der Waals surface area contributed by atoms with Gasteiger partial charge in [0.05, 0.1) is 5.41 Å². The van der Waals surface area contributed by atoms with Gasteiger partial charge in [-0.2, -0.15) is 0 Å². The Bertz CT molecular complexity index is 1600. The number of nitrogens with zero attached hydrogens (tertiary/aromatic N) is 2. The zero-order valence-electron chi connectivity index (χ0n) is 24.7. The second-order valence-corrected chi connectivity index (χ2v) is 12.0. The van der Waals surface area contributed by atoms with Gasteiger partial charge in [-0.3, -0.25) is 14.4 Å². The van der Waals surface area contributed by atoms with E-state index in [1.165, 1.54) is 19.1 Å². The number of carbonyl (C=O) groups excluding carboxylic acids is 3. The molecule has 2 N–H and O–H groups in total. The minimum Gasteiger partial charge on any atom is -0.352 e. The first-order valence-electron chi connectivity index (χ1n) is 13.9. The number of hydrogen-bond acceptors (Lipinski definition) is 6. The van der Waals surface area contributed by atoms with E-state index in [-0.39, 0.29) is 36.0 Å². The van der Waals surface area contributed by atoms with Crippen molar-refractivity contribution >= 4 is 29.2 Å². The number of fused-ring (bicyclic) bond motifs is 3. The largest absolute Gasteiger partial charge is 0.352 e. The maximum absolute atomic E-state index is 14.3. The number of nitrogens with one attached hydrogen (secondary N) is 2. The summed E-state index contributed by atoms with van der Waals surface area (Å²) in [6, 6.07) is 11.2. The Hall–Kier alpha value is -4.22. The molecule has 2 aromatic carbocycles. The van der Waals surface area contributed by atoms with Crippen LogP contribution in [-0.4, -0.2) is 48.4 Å². The molecule has 1 aliphatic heterocycles. The highest BCUT2D eigenvalue weighted by Gasteiger charge is 2.51. The summed E-state index contributed by atoms with van der Waals surface area (Å²) < 4.78 is 39.0. The number of carbonyl (C=O) groups is 3. The first-order chi connectivity index (χ1) is 20.4. The van der Waals surface area contributed by atoms with Crippen LogP contribution in [-0.2, 0) is 48.7 Å². The molecule has 0 saturated heterocycles. The highest BCUT2D eigenvalue weighted by atomic mass is 19.2. The Morgan fingerprint density at radius 3 is 2.47 bits per heavy atom. The third-order valence-electron chi connectivity index (χ3n) is 7.95. The van der Waals surface area contributed by atoms with Crippen molar-refractivity contribution in [2.45, 2.75) is 51.9 Å². The zero-order valence-corrected chi connectivity index (χ0v) is 24.7. The van der Waals surface area contributed by atoms with Crippen LogP contribution in [0, 0.1) is 17.0 Å². The van der Waals surface area contributed by atoms with E-state index < -0.39 is 34.7 Å². The van der Waals surface area contributed by atoms with Gasteiger partial charge in [0.25, 0.3) is 0 Å². The molecule has 3 amide bonds. The lowest BCUT2D eigenvalue weighted by atomic mass is 9.79. The van der Waals surface area contributed by atoms with Crippen molar-refractivity contribution in [1.29, 1.82) is 0 Å². The van der Waals surface area contributed by atoms with Crippen LogP contribution in [0.1, 0.15) is 54.9 Å². The predicted octanol–water partition coefficient (Wildman–Crippen LogP) is 4.65. The molecule has 9 nitrogen and oxygen atoms in total.